The van der Waals surface area contributed by atoms with Crippen LogP contribution in [0.3, 0.4) is 0 Å². The summed E-state index contributed by atoms with van der Waals surface area (Å²) in [5, 5.41) is 0. The van der Waals surface area contributed by atoms with Gasteiger partial charge in [-0.25, -0.2) is 4.98 Å². The minimum atomic E-state index is 0.261. The highest BCUT2D eigenvalue weighted by Gasteiger charge is 2.26. The minimum Gasteiger partial charge on any atom is -0.373 e. The van der Waals surface area contributed by atoms with Gasteiger partial charge in [-0.15, -0.1) is 0 Å². The third kappa shape index (κ3) is 2.58. The van der Waals surface area contributed by atoms with Gasteiger partial charge >= 0.3 is 0 Å². The third-order valence-corrected chi connectivity index (χ3v) is 4.23. The van der Waals surface area contributed by atoms with E-state index in [1.54, 1.807) is 0 Å². The Morgan fingerprint density at radius 2 is 2.00 bits per heavy atom. The fraction of sp³-hybridized carbons (Fsp3) is 0.714. The zero-order chi connectivity index (χ0) is 14.1. The molecule has 3 heterocycles. The Hall–Kier alpha value is -1.40. The molecule has 6 heteroatoms. The number of hydrogen-bond acceptors (Lipinski definition) is 6. The number of ether oxygens (including phenoxy) is 1. The topological polar surface area (TPSA) is 67.5 Å². The van der Waals surface area contributed by atoms with Crippen LogP contribution in [0, 0.1) is 0 Å². The van der Waals surface area contributed by atoms with Crippen molar-refractivity contribution in [2.75, 3.05) is 43.9 Å². The molecule has 1 aromatic heterocycles. The van der Waals surface area contributed by atoms with E-state index in [9.17, 15) is 0 Å². The number of nitrogens with two attached hydrogens (primary N) is 1. The molecule has 1 aromatic rings. The molecule has 0 saturated carbocycles. The summed E-state index contributed by atoms with van der Waals surface area (Å²) in [7, 11) is 2.15. The molecular weight excluding hydrogens is 254 g/mol. The van der Waals surface area contributed by atoms with Crippen LogP contribution in [-0.2, 0) is 17.8 Å². The van der Waals surface area contributed by atoms with E-state index >= 15 is 0 Å². The Morgan fingerprint density at radius 3 is 2.70 bits per heavy atom. The lowest BCUT2D eigenvalue weighted by molar-refractivity contribution is 0.0250. The molecule has 1 unspecified atom stereocenters. The lowest BCUT2D eigenvalue weighted by Crippen LogP contribution is -2.45. The number of nitrogens with zero attached hydrogens (tertiary/aromatic N) is 4. The fourth-order valence-electron chi connectivity index (χ4n) is 2.87. The summed E-state index contributed by atoms with van der Waals surface area (Å²) in [4.78, 5) is 13.6. The van der Waals surface area contributed by atoms with E-state index < -0.39 is 0 Å². The number of aromatic nitrogens is 2. The summed E-state index contributed by atoms with van der Waals surface area (Å²) in [5.41, 5.74) is 8.11. The van der Waals surface area contributed by atoms with Crippen molar-refractivity contribution in [3.8, 4) is 0 Å². The zero-order valence-corrected chi connectivity index (χ0v) is 12.3. The van der Waals surface area contributed by atoms with Gasteiger partial charge in [-0.05, 0) is 13.5 Å². The van der Waals surface area contributed by atoms with E-state index in [4.69, 9.17) is 10.5 Å². The molecule has 0 aliphatic carbocycles. The van der Waals surface area contributed by atoms with Crippen molar-refractivity contribution < 1.29 is 4.74 Å². The molecule has 0 bridgehead atoms. The summed E-state index contributed by atoms with van der Waals surface area (Å²) in [6.45, 7) is 6.82. The van der Waals surface area contributed by atoms with E-state index in [1.165, 1.54) is 0 Å². The Labute approximate surface area is 119 Å². The second kappa shape index (κ2) is 5.54. The SMILES string of the molecule is CCC1Cc2nc(N)nc(N3CCN(C)CC3)c2CO1. The lowest BCUT2D eigenvalue weighted by atomic mass is 10.0. The quantitative estimate of drug-likeness (QED) is 0.856. The predicted octanol–water partition coefficient (Wildman–Crippen LogP) is 0.662. The Balaban J connectivity index is 1.89. The maximum atomic E-state index is 5.90. The number of rotatable bonds is 2. The average molecular weight is 277 g/mol. The summed E-state index contributed by atoms with van der Waals surface area (Å²) in [5.74, 6) is 1.37. The van der Waals surface area contributed by atoms with Crippen LogP contribution in [0.2, 0.25) is 0 Å². The van der Waals surface area contributed by atoms with Gasteiger partial charge in [0.2, 0.25) is 5.95 Å². The summed E-state index contributed by atoms with van der Waals surface area (Å²) < 4.78 is 5.89. The van der Waals surface area contributed by atoms with Gasteiger partial charge in [0.05, 0.1) is 18.4 Å². The highest BCUT2D eigenvalue weighted by Crippen LogP contribution is 2.29. The predicted molar refractivity (Wildman–Crippen MR) is 78.7 cm³/mol. The van der Waals surface area contributed by atoms with Crippen molar-refractivity contribution in [2.45, 2.75) is 32.5 Å². The zero-order valence-electron chi connectivity index (χ0n) is 12.3. The van der Waals surface area contributed by atoms with Crippen molar-refractivity contribution >= 4 is 11.8 Å². The van der Waals surface area contributed by atoms with Crippen molar-refractivity contribution in [2.24, 2.45) is 0 Å². The Bertz CT molecular complexity index is 485. The second-order valence-electron chi connectivity index (χ2n) is 5.67. The minimum absolute atomic E-state index is 0.261. The van der Waals surface area contributed by atoms with Gasteiger partial charge in [-0.3, -0.25) is 0 Å². The molecule has 20 heavy (non-hydrogen) atoms. The molecule has 1 saturated heterocycles. The summed E-state index contributed by atoms with van der Waals surface area (Å²) in [6, 6.07) is 0. The first-order valence-electron chi connectivity index (χ1n) is 7.37. The van der Waals surface area contributed by atoms with E-state index in [-0.39, 0.29) is 6.10 Å². The number of anilines is 2. The molecule has 1 fully saturated rings. The highest BCUT2D eigenvalue weighted by molar-refractivity contribution is 5.52. The number of piperazine rings is 1. The van der Waals surface area contributed by atoms with E-state index in [2.05, 4.69) is 33.7 Å². The van der Waals surface area contributed by atoms with Crippen molar-refractivity contribution in [1.29, 1.82) is 0 Å². The van der Waals surface area contributed by atoms with E-state index in [0.29, 0.717) is 12.6 Å². The van der Waals surface area contributed by atoms with Crippen LogP contribution >= 0.6 is 0 Å². The van der Waals surface area contributed by atoms with Crippen LogP contribution in [0.25, 0.3) is 0 Å². The largest absolute Gasteiger partial charge is 0.373 e. The first-order valence-corrected chi connectivity index (χ1v) is 7.37. The van der Waals surface area contributed by atoms with Gasteiger partial charge in [0.15, 0.2) is 0 Å². The Kier molecular flexibility index (Phi) is 3.76. The molecule has 6 nitrogen and oxygen atoms in total. The smallest absolute Gasteiger partial charge is 0.222 e. The lowest BCUT2D eigenvalue weighted by Gasteiger charge is -2.35. The average Bonchev–Trinajstić information content (AvgIpc) is 2.46. The van der Waals surface area contributed by atoms with Crippen molar-refractivity contribution in [1.82, 2.24) is 14.9 Å². The summed E-state index contributed by atoms with van der Waals surface area (Å²) >= 11 is 0. The Morgan fingerprint density at radius 1 is 1.25 bits per heavy atom. The van der Waals surface area contributed by atoms with Crippen LogP contribution in [0.15, 0.2) is 0 Å². The van der Waals surface area contributed by atoms with Crippen LogP contribution < -0.4 is 10.6 Å². The molecule has 2 aliphatic heterocycles. The number of nitrogen functional groups attached to an aromatic ring is 1. The van der Waals surface area contributed by atoms with Gasteiger partial charge in [-0.2, -0.15) is 4.98 Å². The number of likely N-dealkylation sites (N-methyl/N-ethyl adjacent to an activating group) is 1. The molecule has 0 spiro atoms. The van der Waals surface area contributed by atoms with Gasteiger partial charge in [0, 0.05) is 38.2 Å². The molecule has 3 rings (SSSR count). The summed E-state index contributed by atoms with van der Waals surface area (Å²) in [6.07, 6.45) is 2.11. The maximum absolute atomic E-state index is 5.90. The molecule has 0 radical (unpaired) electrons. The molecule has 1 atom stereocenters. The van der Waals surface area contributed by atoms with Crippen LogP contribution in [-0.4, -0.2) is 54.2 Å². The fourth-order valence-corrected chi connectivity index (χ4v) is 2.87. The third-order valence-electron chi connectivity index (χ3n) is 4.23. The van der Waals surface area contributed by atoms with Crippen LogP contribution in [0.1, 0.15) is 24.6 Å². The monoisotopic (exact) mass is 277 g/mol. The van der Waals surface area contributed by atoms with Gasteiger partial charge in [0.25, 0.3) is 0 Å². The molecular formula is C14H23N5O. The molecule has 0 aromatic carbocycles. The van der Waals surface area contributed by atoms with Gasteiger partial charge < -0.3 is 20.3 Å². The van der Waals surface area contributed by atoms with Gasteiger partial charge in [0.1, 0.15) is 5.82 Å². The molecule has 2 N–H and O–H groups in total. The number of hydrogen-bond donors (Lipinski definition) is 1. The van der Waals surface area contributed by atoms with Crippen molar-refractivity contribution in [3.63, 3.8) is 0 Å². The molecule has 0 amide bonds. The number of fused-ring (bicyclic) bond motifs is 1. The normalized spacial score (nSPS) is 23.7. The van der Waals surface area contributed by atoms with Gasteiger partial charge in [-0.1, -0.05) is 6.92 Å². The van der Waals surface area contributed by atoms with E-state index in [0.717, 1.165) is 56.1 Å². The van der Waals surface area contributed by atoms with Crippen LogP contribution in [0.4, 0.5) is 11.8 Å². The maximum Gasteiger partial charge on any atom is 0.222 e. The van der Waals surface area contributed by atoms with E-state index in [1.807, 2.05) is 0 Å². The standard InChI is InChI=1S/C14H23N5O/c1-3-10-8-12-11(9-20-10)13(17-14(15)16-12)19-6-4-18(2)5-7-19/h10H,3-9H2,1-2H3,(H2,15,16,17). The highest BCUT2D eigenvalue weighted by atomic mass is 16.5. The van der Waals surface area contributed by atoms with Crippen LogP contribution in [0.5, 0.6) is 0 Å². The first kappa shape index (κ1) is 13.6. The second-order valence-corrected chi connectivity index (χ2v) is 5.67. The first-order chi connectivity index (χ1) is 9.67. The van der Waals surface area contributed by atoms with Crippen molar-refractivity contribution in [3.05, 3.63) is 11.3 Å². The molecule has 2 aliphatic rings. The molecule has 110 valence electrons.